The molecule has 1 unspecified atom stereocenters. The van der Waals surface area contributed by atoms with E-state index in [-0.39, 0.29) is 0 Å². The highest BCUT2D eigenvalue weighted by Gasteiger charge is 2.50. The van der Waals surface area contributed by atoms with E-state index in [0.29, 0.717) is 11.0 Å². The maximum Gasteiger partial charge on any atom is 0.119 e. The van der Waals surface area contributed by atoms with Gasteiger partial charge in [0.1, 0.15) is 5.75 Å². The molecule has 2 fully saturated rings. The summed E-state index contributed by atoms with van der Waals surface area (Å²) in [6.45, 7) is 6.59. The second-order valence-electron chi connectivity index (χ2n) is 10.8. The molecule has 0 spiro atoms. The van der Waals surface area contributed by atoms with Crippen molar-refractivity contribution in [3.63, 3.8) is 0 Å². The summed E-state index contributed by atoms with van der Waals surface area (Å²) in [4.78, 5) is 5.26. The van der Waals surface area contributed by atoms with Crippen LogP contribution in [-0.2, 0) is 12.0 Å². The second kappa shape index (κ2) is 12.7. The van der Waals surface area contributed by atoms with Gasteiger partial charge < -0.3 is 19.6 Å². The Balaban J connectivity index is 0.00000148. The molecule has 1 atom stereocenters. The Morgan fingerprint density at radius 3 is 2.33 bits per heavy atom. The molecule has 2 aliphatic heterocycles. The number of hydrogen-bond acceptors (Lipinski definition) is 5. The number of fused-ring (bicyclic) bond motifs is 1. The number of benzene rings is 2. The minimum atomic E-state index is 0.338. The zero-order valence-electron chi connectivity index (χ0n) is 22.2. The molecule has 36 heavy (non-hydrogen) atoms. The first-order valence-corrected chi connectivity index (χ1v) is 13.8. The van der Waals surface area contributed by atoms with E-state index in [1.165, 1.54) is 58.2 Å². The van der Waals surface area contributed by atoms with Crippen LogP contribution in [0.2, 0.25) is 0 Å². The molecule has 1 saturated heterocycles. The molecule has 194 valence electrons. The lowest BCUT2D eigenvalue weighted by Gasteiger charge is -2.53. The van der Waals surface area contributed by atoms with Crippen LogP contribution in [0.1, 0.15) is 61.6 Å². The van der Waals surface area contributed by atoms with Crippen LogP contribution in [-0.4, -0.2) is 61.8 Å². The Morgan fingerprint density at radius 2 is 1.64 bits per heavy atom. The van der Waals surface area contributed by atoms with Gasteiger partial charge in [0.05, 0.1) is 18.2 Å². The predicted molar refractivity (Wildman–Crippen MR) is 145 cm³/mol. The van der Waals surface area contributed by atoms with E-state index in [0.717, 1.165) is 50.8 Å². The Morgan fingerprint density at radius 1 is 0.972 bits per heavy atom. The number of likely N-dealkylation sites (tertiary alicyclic amines) is 1. The van der Waals surface area contributed by atoms with Gasteiger partial charge in [-0.15, -0.1) is 0 Å². The molecule has 5 nitrogen and oxygen atoms in total. The highest BCUT2D eigenvalue weighted by Crippen LogP contribution is 2.53. The van der Waals surface area contributed by atoms with Crippen molar-refractivity contribution in [2.45, 2.75) is 56.9 Å². The van der Waals surface area contributed by atoms with Crippen LogP contribution in [0.5, 0.6) is 5.75 Å². The van der Waals surface area contributed by atoms with Crippen LogP contribution >= 0.6 is 0 Å². The second-order valence-corrected chi connectivity index (χ2v) is 10.8. The third-order valence-corrected chi connectivity index (χ3v) is 8.76. The average molecular weight is 490 g/mol. The molecule has 0 aromatic heterocycles. The predicted octanol–water partition coefficient (Wildman–Crippen LogP) is 5.22. The summed E-state index contributed by atoms with van der Waals surface area (Å²) >= 11 is 0. The fraction of sp³-hybridized carbons (Fsp3) is 0.581. The number of hydrogen-bond donors (Lipinski definition) is 1. The van der Waals surface area contributed by atoms with Gasteiger partial charge in [0.25, 0.3) is 0 Å². The van der Waals surface area contributed by atoms with E-state index in [1.54, 1.807) is 11.1 Å². The zero-order chi connectivity index (χ0) is 25.4. The minimum absolute atomic E-state index is 0.338. The van der Waals surface area contributed by atoms with Crippen LogP contribution in [0.3, 0.4) is 0 Å². The Hall–Kier alpha value is -2.39. The van der Waals surface area contributed by atoms with Gasteiger partial charge in [-0.1, -0.05) is 37.1 Å². The molecule has 1 N–H and O–H groups in total. The largest absolute Gasteiger partial charge is 0.494 e. The molecule has 2 aromatic carbocycles. The van der Waals surface area contributed by atoms with E-state index >= 15 is 0 Å². The van der Waals surface area contributed by atoms with Crippen molar-refractivity contribution in [3.05, 3.63) is 65.2 Å². The lowest BCUT2D eigenvalue weighted by atomic mass is 9.57. The summed E-state index contributed by atoms with van der Waals surface area (Å²) in [6, 6.07) is 19.0. The number of ether oxygens (including phenoxy) is 1. The Bertz CT molecular complexity index is 988. The van der Waals surface area contributed by atoms with Crippen molar-refractivity contribution in [2.75, 3.05) is 46.9 Å². The smallest absolute Gasteiger partial charge is 0.119 e. The molecule has 0 radical (unpaired) electrons. The van der Waals surface area contributed by atoms with Crippen LogP contribution < -0.4 is 4.74 Å². The molecule has 1 saturated carbocycles. The van der Waals surface area contributed by atoms with Gasteiger partial charge in [-0.25, -0.2) is 0 Å². The number of aliphatic hydroxyl groups excluding tert-OH is 1. The topological polar surface area (TPSA) is 59.7 Å². The van der Waals surface area contributed by atoms with Crippen molar-refractivity contribution in [1.29, 1.82) is 5.26 Å². The first-order valence-electron chi connectivity index (χ1n) is 13.8. The molecular formula is C31H43N3O2. The highest BCUT2D eigenvalue weighted by molar-refractivity contribution is 5.39. The van der Waals surface area contributed by atoms with E-state index in [9.17, 15) is 0 Å². The van der Waals surface area contributed by atoms with Gasteiger partial charge in [-0.05, 0) is 99.5 Å². The van der Waals surface area contributed by atoms with Crippen molar-refractivity contribution in [2.24, 2.45) is 11.8 Å². The zero-order valence-corrected chi connectivity index (χ0v) is 22.2. The third-order valence-electron chi connectivity index (χ3n) is 8.76. The van der Waals surface area contributed by atoms with Gasteiger partial charge in [-0.2, -0.15) is 5.26 Å². The number of likely N-dealkylation sites (N-methyl/N-ethyl adjacent to an activating group) is 1. The number of aliphatic hydroxyl groups is 1. The summed E-state index contributed by atoms with van der Waals surface area (Å²) in [5.74, 6) is 2.48. The SMILES string of the molecule is CN1Cc2ccccc2C(C2CCCC2)(C2CCN(CCCOc3ccc(C#N)cc3)CC2)C1.CO. The Kier molecular flexibility index (Phi) is 9.42. The fourth-order valence-electron chi connectivity index (χ4n) is 7.24. The van der Waals surface area contributed by atoms with E-state index in [4.69, 9.17) is 15.1 Å². The van der Waals surface area contributed by atoms with Crippen LogP contribution in [0.15, 0.2) is 48.5 Å². The number of piperidine rings is 1. The summed E-state index contributed by atoms with van der Waals surface area (Å²) in [5.41, 5.74) is 4.28. The average Bonchev–Trinajstić information content (AvgIpc) is 3.48. The van der Waals surface area contributed by atoms with Crippen LogP contribution in [0.4, 0.5) is 0 Å². The number of nitriles is 1. The van der Waals surface area contributed by atoms with Crippen molar-refractivity contribution in [3.8, 4) is 11.8 Å². The van der Waals surface area contributed by atoms with E-state index in [1.807, 2.05) is 24.3 Å². The van der Waals surface area contributed by atoms with Crippen molar-refractivity contribution in [1.82, 2.24) is 9.80 Å². The number of rotatable bonds is 7. The molecular weight excluding hydrogens is 446 g/mol. The van der Waals surface area contributed by atoms with E-state index < -0.39 is 0 Å². The van der Waals surface area contributed by atoms with Crippen molar-refractivity contribution >= 4 is 0 Å². The number of nitrogens with zero attached hydrogens (tertiary/aromatic N) is 3. The maximum absolute atomic E-state index is 8.93. The van der Waals surface area contributed by atoms with Gasteiger partial charge in [-0.3, -0.25) is 0 Å². The molecule has 0 bridgehead atoms. The summed E-state index contributed by atoms with van der Waals surface area (Å²) in [6.07, 6.45) is 9.32. The summed E-state index contributed by atoms with van der Waals surface area (Å²) in [7, 11) is 3.34. The van der Waals surface area contributed by atoms with Crippen LogP contribution in [0.25, 0.3) is 0 Å². The first-order chi connectivity index (χ1) is 17.7. The van der Waals surface area contributed by atoms with E-state index in [2.05, 4.69) is 47.2 Å². The lowest BCUT2D eigenvalue weighted by Crippen LogP contribution is -2.55. The van der Waals surface area contributed by atoms with Crippen LogP contribution in [0, 0.1) is 23.2 Å². The highest BCUT2D eigenvalue weighted by atomic mass is 16.5. The molecule has 2 aromatic rings. The fourth-order valence-corrected chi connectivity index (χ4v) is 7.24. The van der Waals surface area contributed by atoms with Gasteiger partial charge in [0.2, 0.25) is 0 Å². The maximum atomic E-state index is 8.93. The van der Waals surface area contributed by atoms with Gasteiger partial charge in [0.15, 0.2) is 0 Å². The Labute approximate surface area is 217 Å². The monoisotopic (exact) mass is 489 g/mol. The van der Waals surface area contributed by atoms with Gasteiger partial charge in [0, 0.05) is 32.2 Å². The minimum Gasteiger partial charge on any atom is -0.494 e. The lowest BCUT2D eigenvalue weighted by molar-refractivity contribution is 0.0460. The third kappa shape index (κ3) is 5.78. The molecule has 5 rings (SSSR count). The molecule has 2 heterocycles. The molecule has 1 aliphatic carbocycles. The molecule has 3 aliphatic rings. The summed E-state index contributed by atoms with van der Waals surface area (Å²) < 4.78 is 5.91. The first kappa shape index (κ1) is 26.7. The van der Waals surface area contributed by atoms with Gasteiger partial charge >= 0.3 is 0 Å². The molecule has 0 amide bonds. The molecule has 5 heteroatoms. The standard InChI is InChI=1S/C30H39N3O.CH4O/c1-32-22-25-7-2-5-10-29(25)30(23-32,26-8-3-4-9-26)27-15-18-33(19-16-27)17-6-20-34-28-13-11-24(21-31)12-14-28;1-2/h2,5,7,10-14,26-27H,3-4,6,8-9,15-20,22-23H2,1H3;2H,1H3. The normalized spacial score (nSPS) is 23.4. The van der Waals surface area contributed by atoms with Crippen molar-refractivity contribution < 1.29 is 9.84 Å². The summed E-state index contributed by atoms with van der Waals surface area (Å²) in [5, 5.41) is 15.9. The quantitative estimate of drug-likeness (QED) is 0.540.